The average molecular weight is 188 g/mol. The van der Waals surface area contributed by atoms with Gasteiger partial charge in [0.2, 0.25) is 0 Å². The highest BCUT2D eigenvalue weighted by molar-refractivity contribution is 5.05. The van der Waals surface area contributed by atoms with Gasteiger partial charge in [-0.25, -0.2) is 0 Å². The van der Waals surface area contributed by atoms with Crippen LogP contribution in [0.4, 0.5) is 0 Å². The molecule has 2 atom stereocenters. The topological polar surface area (TPSA) is 66.8 Å². The van der Waals surface area contributed by atoms with Gasteiger partial charge in [0, 0.05) is 11.1 Å². The lowest BCUT2D eigenvalue weighted by atomic mass is 9.78. The van der Waals surface area contributed by atoms with Crippen molar-refractivity contribution >= 4 is 0 Å². The number of hydroxylamine groups is 2. The summed E-state index contributed by atoms with van der Waals surface area (Å²) in [4.78, 5) is 0. The molecule has 2 unspecified atom stereocenters. The Morgan fingerprint density at radius 3 is 2.15 bits per heavy atom. The number of rotatable bonds is 0. The molecule has 0 amide bonds. The molecule has 4 heteroatoms. The molecule has 1 rings (SSSR count). The molecule has 0 aliphatic carbocycles. The van der Waals surface area contributed by atoms with Gasteiger partial charge in [-0.3, -0.25) is 0 Å². The van der Waals surface area contributed by atoms with Crippen molar-refractivity contribution < 1.29 is 10.2 Å². The number of aliphatic hydroxyl groups is 2. The number of piperidine rings is 1. The Bertz CT molecular complexity index is 203. The number of hydrogen-bond donors (Lipinski definition) is 2. The second kappa shape index (κ2) is 2.92. The molecular weight excluding hydrogens is 170 g/mol. The van der Waals surface area contributed by atoms with E-state index in [9.17, 15) is 15.4 Å². The van der Waals surface area contributed by atoms with E-state index in [2.05, 4.69) is 0 Å². The van der Waals surface area contributed by atoms with Crippen LogP contribution in [0.2, 0.25) is 0 Å². The smallest absolute Gasteiger partial charge is 0.0968 e. The number of nitrogens with zero attached hydrogens (tertiary/aromatic N) is 1. The lowest BCUT2D eigenvalue weighted by molar-refractivity contribution is -0.142. The molecule has 0 saturated carbocycles. The summed E-state index contributed by atoms with van der Waals surface area (Å²) in [6.07, 6.45) is -1.48. The van der Waals surface area contributed by atoms with Gasteiger partial charge in [-0.1, -0.05) is 0 Å². The third kappa shape index (κ3) is 1.59. The summed E-state index contributed by atoms with van der Waals surface area (Å²) in [5.41, 5.74) is -1.52. The third-order valence-electron chi connectivity index (χ3n) is 2.87. The lowest BCUT2D eigenvalue weighted by Crippen LogP contribution is -2.66. The molecule has 1 fully saturated rings. The maximum atomic E-state index is 11.8. The van der Waals surface area contributed by atoms with Crippen molar-refractivity contribution in [2.75, 3.05) is 0 Å². The van der Waals surface area contributed by atoms with Gasteiger partial charge in [0.05, 0.1) is 12.2 Å². The lowest BCUT2D eigenvalue weighted by Gasteiger charge is -2.61. The fourth-order valence-electron chi connectivity index (χ4n) is 2.08. The van der Waals surface area contributed by atoms with E-state index in [1.807, 2.05) is 0 Å². The molecule has 4 nitrogen and oxygen atoms in total. The second-order valence-corrected chi connectivity index (χ2v) is 4.98. The highest BCUT2D eigenvalue weighted by atomic mass is 16.5. The van der Waals surface area contributed by atoms with Crippen LogP contribution in [-0.2, 0) is 0 Å². The molecule has 13 heavy (non-hydrogen) atoms. The Hall–Kier alpha value is -0.160. The van der Waals surface area contributed by atoms with E-state index >= 15 is 0 Å². The maximum Gasteiger partial charge on any atom is 0.0968 e. The van der Waals surface area contributed by atoms with Crippen molar-refractivity contribution in [2.24, 2.45) is 0 Å². The van der Waals surface area contributed by atoms with E-state index in [1.54, 1.807) is 27.7 Å². The van der Waals surface area contributed by atoms with Gasteiger partial charge in [-0.15, -0.1) is 0 Å². The summed E-state index contributed by atoms with van der Waals surface area (Å²) >= 11 is 0. The first-order chi connectivity index (χ1) is 5.69. The minimum atomic E-state index is -0.974. The van der Waals surface area contributed by atoms with Crippen molar-refractivity contribution in [2.45, 2.75) is 57.4 Å². The number of hydrogen-bond acceptors (Lipinski definition) is 4. The summed E-state index contributed by atoms with van der Waals surface area (Å²) < 4.78 is 0. The summed E-state index contributed by atoms with van der Waals surface area (Å²) in [6.45, 7) is 6.84. The Morgan fingerprint density at radius 2 is 1.69 bits per heavy atom. The molecule has 1 aliphatic rings. The fourth-order valence-corrected chi connectivity index (χ4v) is 2.08. The van der Waals surface area contributed by atoms with E-state index in [1.165, 1.54) is 0 Å². The molecule has 1 saturated heterocycles. The minimum absolute atomic E-state index is 0.307. The minimum Gasteiger partial charge on any atom is -0.784 e. The maximum absolute atomic E-state index is 11.8. The van der Waals surface area contributed by atoms with Crippen molar-refractivity contribution in [3.63, 3.8) is 0 Å². The van der Waals surface area contributed by atoms with Gasteiger partial charge in [-0.2, -0.15) is 0 Å². The van der Waals surface area contributed by atoms with Crippen molar-refractivity contribution in [1.82, 2.24) is 5.06 Å². The molecule has 78 valence electrons. The zero-order valence-electron chi connectivity index (χ0n) is 8.61. The molecule has 0 radical (unpaired) electrons. The first kappa shape index (κ1) is 10.9. The quantitative estimate of drug-likeness (QED) is 0.580. The highest BCUT2D eigenvalue weighted by Gasteiger charge is 2.46. The number of aliphatic hydroxyl groups excluding tert-OH is 2. The Morgan fingerprint density at radius 1 is 1.23 bits per heavy atom. The fraction of sp³-hybridized carbons (Fsp3) is 1.00. The van der Waals surface area contributed by atoms with E-state index in [4.69, 9.17) is 0 Å². The van der Waals surface area contributed by atoms with Crippen LogP contribution in [-0.4, -0.2) is 38.6 Å². The Labute approximate surface area is 78.7 Å². The van der Waals surface area contributed by atoms with Crippen LogP contribution in [0.1, 0.15) is 34.1 Å². The highest BCUT2D eigenvalue weighted by Crippen LogP contribution is 2.37. The Kier molecular flexibility index (Phi) is 2.45. The van der Waals surface area contributed by atoms with E-state index < -0.39 is 23.3 Å². The zero-order valence-corrected chi connectivity index (χ0v) is 8.61. The zero-order chi connectivity index (χ0) is 10.4. The summed E-state index contributed by atoms with van der Waals surface area (Å²) in [5, 5.41) is 31.8. The summed E-state index contributed by atoms with van der Waals surface area (Å²) in [7, 11) is 0. The molecule has 1 heterocycles. The van der Waals surface area contributed by atoms with Crippen LogP contribution in [0.25, 0.3) is 0 Å². The van der Waals surface area contributed by atoms with Gasteiger partial charge in [-0.05, 0) is 34.1 Å². The van der Waals surface area contributed by atoms with Crippen LogP contribution in [0.3, 0.4) is 0 Å². The first-order valence-corrected chi connectivity index (χ1v) is 4.53. The summed E-state index contributed by atoms with van der Waals surface area (Å²) in [6, 6.07) is 0. The standard InChI is InChI=1S/C9H18NO3/c1-8(2)5-6(11)7(12)9(3,4)10(8)13/h6-7,11-12H,5H2,1-4H3/q-1. The first-order valence-electron chi connectivity index (χ1n) is 4.53. The van der Waals surface area contributed by atoms with Gasteiger partial charge < -0.3 is 20.5 Å². The predicted octanol–water partition coefficient (Wildman–Crippen LogP) is 0.469. The van der Waals surface area contributed by atoms with Crippen LogP contribution >= 0.6 is 0 Å². The van der Waals surface area contributed by atoms with Crippen LogP contribution in [0, 0.1) is 5.21 Å². The second-order valence-electron chi connectivity index (χ2n) is 4.98. The van der Waals surface area contributed by atoms with Crippen LogP contribution in [0.15, 0.2) is 0 Å². The van der Waals surface area contributed by atoms with Crippen LogP contribution < -0.4 is 0 Å². The molecule has 0 spiro atoms. The average Bonchev–Trinajstić information content (AvgIpc) is 1.98. The molecule has 2 N–H and O–H groups in total. The molecule has 0 bridgehead atoms. The van der Waals surface area contributed by atoms with Gasteiger partial charge >= 0.3 is 0 Å². The van der Waals surface area contributed by atoms with Crippen molar-refractivity contribution in [3.05, 3.63) is 5.21 Å². The third-order valence-corrected chi connectivity index (χ3v) is 2.87. The summed E-state index contributed by atoms with van der Waals surface area (Å²) in [5.74, 6) is 0. The Balaban J connectivity index is 2.96. The van der Waals surface area contributed by atoms with Crippen molar-refractivity contribution in [1.29, 1.82) is 0 Å². The van der Waals surface area contributed by atoms with Crippen molar-refractivity contribution in [3.8, 4) is 0 Å². The predicted molar refractivity (Wildman–Crippen MR) is 50.0 cm³/mol. The molecule has 0 aromatic heterocycles. The monoisotopic (exact) mass is 188 g/mol. The largest absolute Gasteiger partial charge is 0.784 e. The van der Waals surface area contributed by atoms with Gasteiger partial charge in [0.1, 0.15) is 0 Å². The molecular formula is C9H18NO3-. The molecule has 0 aromatic carbocycles. The van der Waals surface area contributed by atoms with Crippen LogP contribution in [0.5, 0.6) is 0 Å². The normalized spacial score (nSPS) is 39.0. The van der Waals surface area contributed by atoms with Gasteiger partial charge in [0.15, 0.2) is 0 Å². The van der Waals surface area contributed by atoms with E-state index in [-0.39, 0.29) is 0 Å². The molecule has 1 aliphatic heterocycles. The molecule has 0 aromatic rings. The van der Waals surface area contributed by atoms with E-state index in [0.717, 1.165) is 5.06 Å². The van der Waals surface area contributed by atoms with Gasteiger partial charge in [0.25, 0.3) is 0 Å². The SMILES string of the molecule is CC1(C)CC(O)C(O)C(C)(C)N1[O-]. The van der Waals surface area contributed by atoms with E-state index in [0.29, 0.717) is 6.42 Å².